The van der Waals surface area contributed by atoms with E-state index in [0.29, 0.717) is 0 Å². The molecular weight excluding hydrogens is 294 g/mol. The van der Waals surface area contributed by atoms with Gasteiger partial charge in [0.15, 0.2) is 0 Å². The SMILES string of the molecule is CC(C)(C)c1ccc(OCCCCCCN2CCCCCC2)cc1. The van der Waals surface area contributed by atoms with Gasteiger partial charge in [0.1, 0.15) is 5.75 Å². The average Bonchev–Trinajstić information content (AvgIpc) is 2.82. The first-order valence-electron chi connectivity index (χ1n) is 10.0. The summed E-state index contributed by atoms with van der Waals surface area (Å²) in [6, 6.07) is 8.60. The topological polar surface area (TPSA) is 12.5 Å². The Labute approximate surface area is 149 Å². The number of ether oxygens (including phenoxy) is 1. The van der Waals surface area contributed by atoms with Crippen molar-refractivity contribution in [2.75, 3.05) is 26.2 Å². The predicted octanol–water partition coefficient (Wildman–Crippen LogP) is 5.80. The van der Waals surface area contributed by atoms with Crippen molar-refractivity contribution in [2.24, 2.45) is 0 Å². The zero-order valence-corrected chi connectivity index (χ0v) is 16.2. The molecule has 0 unspecified atom stereocenters. The van der Waals surface area contributed by atoms with Crippen molar-refractivity contribution in [3.05, 3.63) is 29.8 Å². The van der Waals surface area contributed by atoms with Crippen molar-refractivity contribution in [3.8, 4) is 5.75 Å². The Hall–Kier alpha value is -1.02. The average molecular weight is 332 g/mol. The molecule has 0 aliphatic carbocycles. The molecule has 0 N–H and O–H groups in total. The molecule has 1 aromatic carbocycles. The molecule has 1 saturated heterocycles. The van der Waals surface area contributed by atoms with E-state index in [1.165, 1.54) is 76.6 Å². The summed E-state index contributed by atoms with van der Waals surface area (Å²) in [4.78, 5) is 2.67. The van der Waals surface area contributed by atoms with Crippen LogP contribution in [-0.4, -0.2) is 31.1 Å². The number of benzene rings is 1. The van der Waals surface area contributed by atoms with Crippen molar-refractivity contribution >= 4 is 0 Å². The summed E-state index contributed by atoms with van der Waals surface area (Å²) in [5, 5.41) is 0. The van der Waals surface area contributed by atoms with Gasteiger partial charge in [-0.2, -0.15) is 0 Å². The van der Waals surface area contributed by atoms with Gasteiger partial charge in [0.05, 0.1) is 6.61 Å². The fourth-order valence-corrected chi connectivity index (χ4v) is 3.39. The maximum Gasteiger partial charge on any atom is 0.119 e. The molecule has 136 valence electrons. The van der Waals surface area contributed by atoms with Gasteiger partial charge in [0.2, 0.25) is 0 Å². The van der Waals surface area contributed by atoms with Crippen LogP contribution in [0, 0.1) is 0 Å². The highest BCUT2D eigenvalue weighted by atomic mass is 16.5. The fraction of sp³-hybridized carbons (Fsp3) is 0.727. The Kier molecular flexibility index (Phi) is 8.11. The minimum Gasteiger partial charge on any atom is -0.494 e. The van der Waals surface area contributed by atoms with Crippen molar-refractivity contribution in [2.45, 2.75) is 77.6 Å². The molecular formula is C22H37NO. The van der Waals surface area contributed by atoms with Crippen molar-refractivity contribution in [1.29, 1.82) is 0 Å². The molecule has 0 amide bonds. The minimum atomic E-state index is 0.214. The van der Waals surface area contributed by atoms with Crippen molar-refractivity contribution in [1.82, 2.24) is 4.90 Å². The lowest BCUT2D eigenvalue weighted by Gasteiger charge is -2.19. The molecule has 0 bridgehead atoms. The van der Waals surface area contributed by atoms with E-state index in [1.807, 2.05) is 0 Å². The van der Waals surface area contributed by atoms with Gasteiger partial charge in [0.25, 0.3) is 0 Å². The predicted molar refractivity (Wildman–Crippen MR) is 104 cm³/mol. The van der Waals surface area contributed by atoms with Crippen LogP contribution in [0.2, 0.25) is 0 Å². The first kappa shape index (κ1) is 19.3. The highest BCUT2D eigenvalue weighted by molar-refractivity contribution is 5.31. The Morgan fingerprint density at radius 1 is 0.833 bits per heavy atom. The molecule has 0 aromatic heterocycles. The molecule has 1 fully saturated rings. The van der Waals surface area contributed by atoms with Crippen molar-refractivity contribution in [3.63, 3.8) is 0 Å². The van der Waals surface area contributed by atoms with Crippen LogP contribution in [0.15, 0.2) is 24.3 Å². The van der Waals surface area contributed by atoms with E-state index < -0.39 is 0 Å². The molecule has 0 radical (unpaired) electrons. The van der Waals surface area contributed by atoms with Crippen molar-refractivity contribution < 1.29 is 4.74 Å². The molecule has 24 heavy (non-hydrogen) atoms. The normalized spacial score (nSPS) is 16.8. The van der Waals surface area contributed by atoms with Gasteiger partial charge in [-0.15, -0.1) is 0 Å². The second-order valence-corrected chi connectivity index (χ2v) is 8.29. The van der Waals surface area contributed by atoms with Gasteiger partial charge < -0.3 is 9.64 Å². The van der Waals surface area contributed by atoms with Gasteiger partial charge in [0, 0.05) is 0 Å². The smallest absolute Gasteiger partial charge is 0.119 e. The first-order valence-corrected chi connectivity index (χ1v) is 10.0. The number of unbranched alkanes of at least 4 members (excludes halogenated alkanes) is 3. The van der Waals surface area contributed by atoms with Crippen LogP contribution in [0.1, 0.15) is 77.7 Å². The van der Waals surface area contributed by atoms with Crippen LogP contribution >= 0.6 is 0 Å². The zero-order chi connectivity index (χ0) is 17.3. The molecule has 0 saturated carbocycles. The van der Waals surface area contributed by atoms with Crippen LogP contribution in [0.5, 0.6) is 5.75 Å². The van der Waals surface area contributed by atoms with E-state index in [1.54, 1.807) is 0 Å². The van der Waals surface area contributed by atoms with Crippen LogP contribution < -0.4 is 4.74 Å². The second kappa shape index (κ2) is 10.1. The lowest BCUT2D eigenvalue weighted by molar-refractivity contribution is 0.272. The third-order valence-electron chi connectivity index (χ3n) is 5.06. The van der Waals surface area contributed by atoms with E-state index in [4.69, 9.17) is 4.74 Å². The van der Waals surface area contributed by atoms with E-state index in [9.17, 15) is 0 Å². The molecule has 1 aliphatic rings. The molecule has 1 aromatic rings. The summed E-state index contributed by atoms with van der Waals surface area (Å²) >= 11 is 0. The monoisotopic (exact) mass is 331 g/mol. The van der Waals surface area contributed by atoms with Crippen LogP contribution in [0.4, 0.5) is 0 Å². The number of hydrogen-bond donors (Lipinski definition) is 0. The standard InChI is InChI=1S/C22H37NO/c1-22(2,3)20-12-14-21(15-13-20)24-19-11-7-6-10-18-23-16-8-4-5-9-17-23/h12-15H,4-11,16-19H2,1-3H3. The Morgan fingerprint density at radius 3 is 2.08 bits per heavy atom. The first-order chi connectivity index (χ1) is 11.6. The van der Waals surface area contributed by atoms with Crippen LogP contribution in [0.3, 0.4) is 0 Å². The van der Waals surface area contributed by atoms with E-state index in [-0.39, 0.29) is 5.41 Å². The molecule has 1 heterocycles. The lowest BCUT2D eigenvalue weighted by atomic mass is 9.87. The summed E-state index contributed by atoms with van der Waals surface area (Å²) in [7, 11) is 0. The van der Waals surface area contributed by atoms with Gasteiger partial charge in [-0.25, -0.2) is 0 Å². The molecule has 2 rings (SSSR count). The Balaban J connectivity index is 1.52. The maximum absolute atomic E-state index is 5.88. The maximum atomic E-state index is 5.88. The Bertz CT molecular complexity index is 438. The molecule has 0 spiro atoms. The number of likely N-dealkylation sites (tertiary alicyclic amines) is 1. The van der Waals surface area contributed by atoms with E-state index >= 15 is 0 Å². The highest BCUT2D eigenvalue weighted by Crippen LogP contribution is 2.24. The van der Waals surface area contributed by atoms with Gasteiger partial charge in [-0.3, -0.25) is 0 Å². The second-order valence-electron chi connectivity index (χ2n) is 8.29. The summed E-state index contributed by atoms with van der Waals surface area (Å²) in [6.45, 7) is 11.5. The fourth-order valence-electron chi connectivity index (χ4n) is 3.39. The van der Waals surface area contributed by atoms with E-state index in [2.05, 4.69) is 49.9 Å². The molecule has 2 heteroatoms. The summed E-state index contributed by atoms with van der Waals surface area (Å²) < 4.78 is 5.88. The number of rotatable bonds is 8. The van der Waals surface area contributed by atoms with Gasteiger partial charge in [-0.05, 0) is 68.4 Å². The quantitative estimate of drug-likeness (QED) is 0.558. The number of nitrogens with zero attached hydrogens (tertiary/aromatic N) is 1. The molecule has 1 aliphatic heterocycles. The zero-order valence-electron chi connectivity index (χ0n) is 16.2. The highest BCUT2D eigenvalue weighted by Gasteiger charge is 2.12. The summed E-state index contributed by atoms with van der Waals surface area (Å²) in [6.07, 6.45) is 10.8. The third-order valence-corrected chi connectivity index (χ3v) is 5.06. The van der Waals surface area contributed by atoms with E-state index in [0.717, 1.165) is 12.4 Å². The largest absolute Gasteiger partial charge is 0.494 e. The molecule has 2 nitrogen and oxygen atoms in total. The lowest BCUT2D eigenvalue weighted by Crippen LogP contribution is -2.25. The third kappa shape index (κ3) is 7.25. The summed E-state index contributed by atoms with van der Waals surface area (Å²) in [5.41, 5.74) is 1.58. The van der Waals surface area contributed by atoms with Gasteiger partial charge >= 0.3 is 0 Å². The Morgan fingerprint density at radius 2 is 1.46 bits per heavy atom. The van der Waals surface area contributed by atoms with Gasteiger partial charge in [-0.1, -0.05) is 58.6 Å². The summed E-state index contributed by atoms with van der Waals surface area (Å²) in [5.74, 6) is 1.01. The van der Waals surface area contributed by atoms with Crippen LogP contribution in [0.25, 0.3) is 0 Å². The number of hydrogen-bond acceptors (Lipinski definition) is 2. The molecule has 0 atom stereocenters. The minimum absolute atomic E-state index is 0.214. The van der Waals surface area contributed by atoms with Crippen LogP contribution in [-0.2, 0) is 5.41 Å².